The highest BCUT2D eigenvalue weighted by atomic mass is 79.9. The molecule has 19 heavy (non-hydrogen) atoms. The molecule has 8 heteroatoms. The first-order valence-corrected chi connectivity index (χ1v) is 6.03. The number of anilines is 1. The summed E-state index contributed by atoms with van der Waals surface area (Å²) in [6, 6.07) is 4.28. The zero-order valence-electron chi connectivity index (χ0n) is 9.38. The number of carbonyl (C=O) groups excluding carboxylic acids is 1. The fourth-order valence-corrected chi connectivity index (χ4v) is 1.90. The molecule has 2 rings (SSSR count). The number of rotatable bonds is 3. The molecule has 0 aliphatic rings. The molecule has 1 aromatic heterocycles. The summed E-state index contributed by atoms with van der Waals surface area (Å²) in [6.07, 6.45) is -4.47. The van der Waals surface area contributed by atoms with E-state index >= 15 is 0 Å². The molecule has 102 valence electrons. The van der Waals surface area contributed by atoms with Crippen LogP contribution < -0.4 is 10.6 Å². The van der Waals surface area contributed by atoms with Crippen LogP contribution in [0.2, 0.25) is 0 Å². The molecule has 0 saturated heterocycles. The number of alkyl halides is 3. The van der Waals surface area contributed by atoms with Crippen molar-refractivity contribution in [3.8, 4) is 0 Å². The van der Waals surface area contributed by atoms with Crippen LogP contribution in [-0.2, 0) is 0 Å². The second kappa shape index (κ2) is 5.52. The molecule has 0 spiro atoms. The maximum atomic E-state index is 12.6. The number of hydrogen-bond acceptors (Lipinski definition) is 1. The third-order valence-corrected chi connectivity index (χ3v) is 2.88. The third-order valence-electron chi connectivity index (χ3n) is 2.38. The molecule has 0 bridgehead atoms. The van der Waals surface area contributed by atoms with Crippen LogP contribution in [0, 0.1) is 0 Å². The Morgan fingerprint density at radius 1 is 1.32 bits per heavy atom. The average Bonchev–Trinajstić information content (AvgIpc) is 2.71. The van der Waals surface area contributed by atoms with Gasteiger partial charge in [-0.05, 0) is 18.2 Å². The summed E-state index contributed by atoms with van der Waals surface area (Å²) in [7, 11) is 0. The van der Waals surface area contributed by atoms with Crippen LogP contribution in [0.5, 0.6) is 0 Å². The lowest BCUT2D eigenvalue weighted by Gasteiger charge is -2.10. The first kappa shape index (κ1) is 13.7. The minimum atomic E-state index is -3.26. The monoisotopic (exact) mass is 335 g/mol. The zero-order valence-corrected chi connectivity index (χ0v) is 11.0. The average molecular weight is 336 g/mol. The van der Waals surface area contributed by atoms with Crippen molar-refractivity contribution in [2.75, 3.05) is 5.32 Å². The van der Waals surface area contributed by atoms with E-state index in [1.807, 2.05) is 0 Å². The van der Waals surface area contributed by atoms with Crippen LogP contribution in [0.15, 0.2) is 28.9 Å². The maximum absolute atomic E-state index is 12.6. The van der Waals surface area contributed by atoms with Gasteiger partial charge in [-0.25, -0.2) is 18.0 Å². The van der Waals surface area contributed by atoms with Gasteiger partial charge in [0.25, 0.3) is 6.43 Å². The van der Waals surface area contributed by atoms with E-state index in [0.29, 0.717) is 11.1 Å². The molecule has 2 aromatic rings. The highest BCUT2D eigenvalue weighted by Crippen LogP contribution is 2.26. The summed E-state index contributed by atoms with van der Waals surface area (Å²) in [6.45, 7) is 0. The lowest BCUT2D eigenvalue weighted by molar-refractivity contribution is 0.0380. The van der Waals surface area contributed by atoms with E-state index in [9.17, 15) is 18.0 Å². The van der Waals surface area contributed by atoms with Gasteiger partial charge in [-0.3, -0.25) is 0 Å². The van der Waals surface area contributed by atoms with Gasteiger partial charge in [0.15, 0.2) is 0 Å². The lowest BCUT2D eigenvalue weighted by Crippen LogP contribution is -2.39. The molecule has 2 amide bonds. The number of H-pyrrole nitrogens is 1. The summed E-state index contributed by atoms with van der Waals surface area (Å²) >= 11 is 3.28. The Morgan fingerprint density at radius 3 is 2.74 bits per heavy atom. The molecule has 1 heterocycles. The van der Waals surface area contributed by atoms with E-state index in [1.165, 1.54) is 11.5 Å². The van der Waals surface area contributed by atoms with Gasteiger partial charge in [-0.2, -0.15) is 0 Å². The van der Waals surface area contributed by atoms with Crippen molar-refractivity contribution < 1.29 is 18.0 Å². The number of aromatic nitrogens is 1. The molecule has 0 aliphatic heterocycles. The van der Waals surface area contributed by atoms with E-state index in [1.54, 1.807) is 18.2 Å². The molecule has 1 aromatic carbocycles. The second-order valence-electron chi connectivity index (χ2n) is 3.73. The summed E-state index contributed by atoms with van der Waals surface area (Å²) in [5, 5.41) is 4.48. The highest BCUT2D eigenvalue weighted by molar-refractivity contribution is 9.10. The van der Waals surface area contributed by atoms with E-state index in [-0.39, 0.29) is 0 Å². The Bertz CT molecular complexity index is 602. The van der Waals surface area contributed by atoms with Crippen molar-refractivity contribution in [1.82, 2.24) is 10.3 Å². The zero-order chi connectivity index (χ0) is 14.0. The smallest absolute Gasteiger partial charge is 0.321 e. The maximum Gasteiger partial charge on any atom is 0.321 e. The van der Waals surface area contributed by atoms with Crippen LogP contribution in [0.4, 0.5) is 23.7 Å². The molecular weight excluding hydrogens is 327 g/mol. The molecular formula is C11H9BrF3N3O. The van der Waals surface area contributed by atoms with Crippen molar-refractivity contribution in [1.29, 1.82) is 0 Å². The molecule has 1 unspecified atom stereocenters. The predicted octanol–water partition coefficient (Wildman–Crippen LogP) is 3.61. The number of amides is 2. The SMILES string of the molecule is O=C(Nc1c[nH]c2ccc(Br)cc12)NC(F)C(F)F. The minimum absolute atomic E-state index is 0.371. The molecule has 0 saturated carbocycles. The van der Waals surface area contributed by atoms with Crippen molar-refractivity contribution >= 4 is 38.6 Å². The number of benzene rings is 1. The largest absolute Gasteiger partial charge is 0.359 e. The number of halogens is 4. The van der Waals surface area contributed by atoms with Gasteiger partial charge in [-0.15, -0.1) is 0 Å². The Hall–Kier alpha value is -1.70. The van der Waals surface area contributed by atoms with Gasteiger partial charge < -0.3 is 15.6 Å². The molecule has 0 radical (unpaired) electrons. The third kappa shape index (κ3) is 3.19. The molecule has 1 atom stereocenters. The normalized spacial score (nSPS) is 12.7. The Morgan fingerprint density at radius 2 is 2.05 bits per heavy atom. The summed E-state index contributed by atoms with van der Waals surface area (Å²) in [4.78, 5) is 14.2. The number of fused-ring (bicyclic) bond motifs is 1. The van der Waals surface area contributed by atoms with Gasteiger partial charge in [0.1, 0.15) is 0 Å². The Labute approximate surface area is 114 Å². The van der Waals surface area contributed by atoms with E-state index in [0.717, 1.165) is 9.99 Å². The first-order chi connectivity index (χ1) is 8.97. The van der Waals surface area contributed by atoms with E-state index in [4.69, 9.17) is 0 Å². The fourth-order valence-electron chi connectivity index (χ4n) is 1.54. The Balaban J connectivity index is 2.13. The van der Waals surface area contributed by atoms with E-state index in [2.05, 4.69) is 26.2 Å². The summed E-state index contributed by atoms with van der Waals surface area (Å²) in [5.74, 6) is 0. The standard InChI is InChI=1S/C11H9BrF3N3O/c12-5-1-2-7-6(3-5)8(4-16-7)17-11(19)18-10(15)9(13)14/h1-4,9-10,16H,(H2,17,18,19). The van der Waals surface area contributed by atoms with Crippen LogP contribution >= 0.6 is 15.9 Å². The van der Waals surface area contributed by atoms with Gasteiger partial charge in [0, 0.05) is 21.6 Å². The second-order valence-corrected chi connectivity index (χ2v) is 4.64. The number of aromatic amines is 1. The van der Waals surface area contributed by atoms with Crippen molar-refractivity contribution in [3.63, 3.8) is 0 Å². The molecule has 3 N–H and O–H groups in total. The number of urea groups is 1. The Kier molecular flexibility index (Phi) is 3.98. The highest BCUT2D eigenvalue weighted by Gasteiger charge is 2.21. The van der Waals surface area contributed by atoms with Crippen LogP contribution in [0.1, 0.15) is 0 Å². The van der Waals surface area contributed by atoms with Crippen LogP contribution in [-0.4, -0.2) is 23.7 Å². The topological polar surface area (TPSA) is 56.9 Å². The van der Waals surface area contributed by atoms with Gasteiger partial charge in [0.2, 0.25) is 6.30 Å². The first-order valence-electron chi connectivity index (χ1n) is 5.24. The van der Waals surface area contributed by atoms with Crippen molar-refractivity contribution in [3.05, 3.63) is 28.9 Å². The number of hydrogen-bond donors (Lipinski definition) is 3. The fraction of sp³-hybridized carbons (Fsp3) is 0.182. The van der Waals surface area contributed by atoms with Crippen LogP contribution in [0.25, 0.3) is 10.9 Å². The van der Waals surface area contributed by atoms with Gasteiger partial charge >= 0.3 is 6.03 Å². The molecule has 0 aliphatic carbocycles. The lowest BCUT2D eigenvalue weighted by atomic mass is 10.2. The summed E-state index contributed by atoms with van der Waals surface area (Å²) < 4.78 is 37.3. The van der Waals surface area contributed by atoms with Gasteiger partial charge in [-0.1, -0.05) is 15.9 Å². The van der Waals surface area contributed by atoms with Crippen molar-refractivity contribution in [2.24, 2.45) is 0 Å². The quantitative estimate of drug-likeness (QED) is 0.737. The predicted molar refractivity (Wildman–Crippen MR) is 69.1 cm³/mol. The van der Waals surface area contributed by atoms with Crippen LogP contribution in [0.3, 0.4) is 0 Å². The van der Waals surface area contributed by atoms with E-state index < -0.39 is 18.8 Å². The molecule has 4 nitrogen and oxygen atoms in total. The molecule has 0 fully saturated rings. The number of carbonyl (C=O) groups is 1. The number of nitrogens with one attached hydrogen (secondary N) is 3. The van der Waals surface area contributed by atoms with Crippen molar-refractivity contribution in [2.45, 2.75) is 12.7 Å². The minimum Gasteiger partial charge on any atom is -0.359 e. The van der Waals surface area contributed by atoms with Gasteiger partial charge in [0.05, 0.1) is 5.69 Å². The summed E-state index contributed by atoms with van der Waals surface area (Å²) in [5.41, 5.74) is 1.12.